The van der Waals surface area contributed by atoms with E-state index in [0.717, 1.165) is 19.3 Å². The number of piperidine rings is 1. The molecule has 7 heteroatoms. The van der Waals surface area contributed by atoms with Gasteiger partial charge in [-0.15, -0.1) is 0 Å². The van der Waals surface area contributed by atoms with Gasteiger partial charge in [-0.3, -0.25) is 9.59 Å². The van der Waals surface area contributed by atoms with Gasteiger partial charge in [-0.05, 0) is 25.7 Å². The zero-order chi connectivity index (χ0) is 17.9. The minimum Gasteiger partial charge on any atom is -0.447 e. The van der Waals surface area contributed by atoms with E-state index in [1.165, 1.54) is 0 Å². The molecule has 136 valence electrons. The summed E-state index contributed by atoms with van der Waals surface area (Å²) in [6.45, 7) is 1.33. The molecule has 25 heavy (non-hydrogen) atoms. The monoisotopic (exact) mass is 365 g/mol. The fraction of sp³-hybridized carbons (Fsp3) is 0.556. The SMILES string of the molecule is O=C(OC(C(=O)N1CCCCC1)c1ccccc1)C1CCS(=O)(=O)C1. The summed E-state index contributed by atoms with van der Waals surface area (Å²) in [6, 6.07) is 8.92. The van der Waals surface area contributed by atoms with Crippen molar-refractivity contribution in [1.29, 1.82) is 0 Å². The number of carbonyl (C=O) groups is 2. The molecule has 2 fully saturated rings. The van der Waals surface area contributed by atoms with Crippen molar-refractivity contribution in [3.05, 3.63) is 35.9 Å². The summed E-state index contributed by atoms with van der Waals surface area (Å²) in [6.07, 6.45) is 2.25. The minimum absolute atomic E-state index is 0.00282. The number of amides is 1. The Balaban J connectivity index is 1.77. The number of nitrogens with zero attached hydrogens (tertiary/aromatic N) is 1. The third-order valence-corrected chi connectivity index (χ3v) is 6.56. The summed E-state index contributed by atoms with van der Waals surface area (Å²) in [5.74, 6) is -1.68. The molecule has 0 aromatic heterocycles. The highest BCUT2D eigenvalue weighted by atomic mass is 32.2. The smallest absolute Gasteiger partial charge is 0.311 e. The highest BCUT2D eigenvalue weighted by Crippen LogP contribution is 2.27. The highest BCUT2D eigenvalue weighted by Gasteiger charge is 2.37. The number of hydrogen-bond donors (Lipinski definition) is 0. The van der Waals surface area contributed by atoms with Gasteiger partial charge in [-0.25, -0.2) is 8.42 Å². The molecule has 2 heterocycles. The average Bonchev–Trinajstić information content (AvgIpc) is 3.00. The number of ether oxygens (including phenoxy) is 1. The lowest BCUT2D eigenvalue weighted by atomic mass is 10.0. The maximum Gasteiger partial charge on any atom is 0.311 e. The van der Waals surface area contributed by atoms with Crippen LogP contribution in [0.2, 0.25) is 0 Å². The lowest BCUT2D eigenvalue weighted by Crippen LogP contribution is -2.40. The van der Waals surface area contributed by atoms with E-state index in [2.05, 4.69) is 0 Å². The Bertz CT molecular complexity index is 725. The van der Waals surface area contributed by atoms with E-state index in [1.54, 1.807) is 29.2 Å². The van der Waals surface area contributed by atoms with Crippen LogP contribution in [-0.2, 0) is 24.2 Å². The molecule has 1 amide bonds. The van der Waals surface area contributed by atoms with Crippen LogP contribution in [-0.4, -0.2) is 49.8 Å². The topological polar surface area (TPSA) is 80.8 Å². The van der Waals surface area contributed by atoms with Crippen molar-refractivity contribution in [3.8, 4) is 0 Å². The molecule has 2 aliphatic heterocycles. The van der Waals surface area contributed by atoms with Crippen LogP contribution in [0.1, 0.15) is 37.4 Å². The Morgan fingerprint density at radius 3 is 2.36 bits per heavy atom. The minimum atomic E-state index is -3.18. The standard InChI is InChI=1S/C18H23NO5S/c20-17(19-10-5-2-6-11-19)16(14-7-3-1-4-8-14)24-18(21)15-9-12-25(22,23)13-15/h1,3-4,7-8,15-16H,2,5-6,9-13H2. The van der Waals surface area contributed by atoms with Gasteiger partial charge in [0.2, 0.25) is 6.10 Å². The van der Waals surface area contributed by atoms with Crippen molar-refractivity contribution in [1.82, 2.24) is 4.90 Å². The summed E-state index contributed by atoms with van der Waals surface area (Å²) in [4.78, 5) is 27.1. The first kappa shape index (κ1) is 17.9. The molecule has 2 unspecified atom stereocenters. The molecule has 0 bridgehead atoms. The van der Waals surface area contributed by atoms with Crippen LogP contribution in [0.15, 0.2) is 30.3 Å². The Hall–Kier alpha value is -1.89. The van der Waals surface area contributed by atoms with Crippen LogP contribution < -0.4 is 0 Å². The van der Waals surface area contributed by atoms with Gasteiger partial charge < -0.3 is 9.64 Å². The molecule has 2 aliphatic rings. The van der Waals surface area contributed by atoms with E-state index < -0.39 is 27.8 Å². The van der Waals surface area contributed by atoms with Gasteiger partial charge in [-0.2, -0.15) is 0 Å². The summed E-state index contributed by atoms with van der Waals surface area (Å²) < 4.78 is 28.7. The van der Waals surface area contributed by atoms with Gasteiger partial charge in [0.15, 0.2) is 9.84 Å². The van der Waals surface area contributed by atoms with Crippen molar-refractivity contribution in [2.24, 2.45) is 5.92 Å². The molecule has 1 aromatic carbocycles. The van der Waals surface area contributed by atoms with Crippen molar-refractivity contribution < 1.29 is 22.7 Å². The number of sulfone groups is 1. The van der Waals surface area contributed by atoms with Gasteiger partial charge in [0, 0.05) is 18.7 Å². The fourth-order valence-electron chi connectivity index (χ4n) is 3.36. The molecule has 6 nitrogen and oxygen atoms in total. The number of carbonyl (C=O) groups excluding carboxylic acids is 2. The molecular formula is C18H23NO5S. The van der Waals surface area contributed by atoms with Gasteiger partial charge in [-0.1, -0.05) is 30.3 Å². The fourth-order valence-corrected chi connectivity index (χ4v) is 5.09. The Kier molecular flexibility index (Phi) is 5.42. The summed E-state index contributed by atoms with van der Waals surface area (Å²) >= 11 is 0. The molecule has 0 spiro atoms. The van der Waals surface area contributed by atoms with E-state index in [-0.39, 0.29) is 23.8 Å². The summed E-state index contributed by atoms with van der Waals surface area (Å²) in [5, 5.41) is 0. The van der Waals surface area contributed by atoms with Crippen molar-refractivity contribution >= 4 is 21.7 Å². The maximum absolute atomic E-state index is 12.9. The molecule has 2 atom stereocenters. The third-order valence-electron chi connectivity index (χ3n) is 4.79. The first-order valence-corrected chi connectivity index (χ1v) is 10.5. The van der Waals surface area contributed by atoms with Crippen molar-refractivity contribution in [2.45, 2.75) is 31.8 Å². The number of likely N-dealkylation sites (tertiary alicyclic amines) is 1. The lowest BCUT2D eigenvalue weighted by Gasteiger charge is -2.30. The van der Waals surface area contributed by atoms with Crippen LogP contribution >= 0.6 is 0 Å². The number of rotatable bonds is 4. The maximum atomic E-state index is 12.9. The second kappa shape index (κ2) is 7.56. The second-order valence-electron chi connectivity index (χ2n) is 6.71. The van der Waals surface area contributed by atoms with Gasteiger partial charge in [0.25, 0.3) is 5.91 Å². The first-order chi connectivity index (χ1) is 12.0. The second-order valence-corrected chi connectivity index (χ2v) is 8.94. The average molecular weight is 365 g/mol. The molecule has 0 radical (unpaired) electrons. The summed E-state index contributed by atoms with van der Waals surface area (Å²) in [5.41, 5.74) is 0.618. The van der Waals surface area contributed by atoms with Crippen LogP contribution in [0.25, 0.3) is 0 Å². The Morgan fingerprint density at radius 1 is 1.08 bits per heavy atom. The van der Waals surface area contributed by atoms with E-state index in [9.17, 15) is 18.0 Å². The Morgan fingerprint density at radius 2 is 1.76 bits per heavy atom. The zero-order valence-corrected chi connectivity index (χ0v) is 14.9. The molecule has 0 saturated carbocycles. The normalized spacial score (nSPS) is 23.8. The molecule has 1 aromatic rings. The Labute approximate surface area is 148 Å². The van der Waals surface area contributed by atoms with Crippen molar-refractivity contribution in [3.63, 3.8) is 0 Å². The van der Waals surface area contributed by atoms with Gasteiger partial charge >= 0.3 is 5.97 Å². The zero-order valence-electron chi connectivity index (χ0n) is 14.1. The van der Waals surface area contributed by atoms with E-state index >= 15 is 0 Å². The van der Waals surface area contributed by atoms with E-state index in [0.29, 0.717) is 18.7 Å². The van der Waals surface area contributed by atoms with Crippen LogP contribution in [0.3, 0.4) is 0 Å². The van der Waals surface area contributed by atoms with Crippen LogP contribution in [0, 0.1) is 5.92 Å². The molecule has 3 rings (SSSR count). The quantitative estimate of drug-likeness (QED) is 0.759. The van der Waals surface area contributed by atoms with E-state index in [1.807, 2.05) is 6.07 Å². The largest absolute Gasteiger partial charge is 0.447 e. The number of hydrogen-bond acceptors (Lipinski definition) is 5. The number of esters is 1. The predicted molar refractivity (Wildman–Crippen MR) is 92.5 cm³/mol. The summed E-state index contributed by atoms with van der Waals surface area (Å²) in [7, 11) is -3.18. The highest BCUT2D eigenvalue weighted by molar-refractivity contribution is 7.91. The first-order valence-electron chi connectivity index (χ1n) is 8.71. The van der Waals surface area contributed by atoms with Crippen molar-refractivity contribution in [2.75, 3.05) is 24.6 Å². The van der Waals surface area contributed by atoms with E-state index in [4.69, 9.17) is 4.74 Å². The predicted octanol–water partition coefficient (Wildman–Crippen LogP) is 1.72. The third kappa shape index (κ3) is 4.39. The molecule has 2 saturated heterocycles. The molecular weight excluding hydrogens is 342 g/mol. The lowest BCUT2D eigenvalue weighted by molar-refractivity contribution is -0.164. The van der Waals surface area contributed by atoms with Gasteiger partial charge in [0.05, 0.1) is 17.4 Å². The molecule has 0 N–H and O–H groups in total. The van der Waals surface area contributed by atoms with Crippen LogP contribution in [0.4, 0.5) is 0 Å². The van der Waals surface area contributed by atoms with Gasteiger partial charge in [0.1, 0.15) is 0 Å². The molecule has 0 aliphatic carbocycles. The van der Waals surface area contributed by atoms with Crippen LogP contribution in [0.5, 0.6) is 0 Å². The number of benzene rings is 1.